The number of aryl methyl sites for hydroxylation is 1. The van der Waals surface area contributed by atoms with Crippen LogP contribution in [0, 0.1) is 0 Å². The molecule has 1 heterocycles. The number of benzene rings is 2. The van der Waals surface area contributed by atoms with Crippen molar-refractivity contribution in [1.29, 1.82) is 0 Å². The van der Waals surface area contributed by atoms with Crippen molar-refractivity contribution < 1.29 is 5.11 Å². The number of unbranched alkanes of at least 4 members (excludes halogenated alkanes) is 1. The normalized spacial score (nSPS) is 11.4. The largest absolute Gasteiger partial charge is 0.494 e. The first-order valence-corrected chi connectivity index (χ1v) is 11.7. The van der Waals surface area contributed by atoms with Gasteiger partial charge in [-0.15, -0.1) is 0 Å². The molecule has 10 heteroatoms. The smallest absolute Gasteiger partial charge is 0.333 e. The first-order valence-electron chi connectivity index (χ1n) is 10.2. The lowest BCUT2D eigenvalue weighted by molar-refractivity contribution is 0.382. The van der Waals surface area contributed by atoms with Crippen LogP contribution in [0.15, 0.2) is 51.0 Å². The molecule has 0 bridgehead atoms. The first kappa shape index (κ1) is 25.4. The SMILES string of the molecule is CCCCn1c(O)c(C=Nc2c(Cl)c(Cl)cc(Cl)c2Cl)c(=O)n(CCc2ccccc2)c1=O. The second-order valence-corrected chi connectivity index (χ2v) is 8.86. The van der Waals surface area contributed by atoms with E-state index in [1.807, 2.05) is 37.3 Å². The molecule has 0 radical (unpaired) electrons. The van der Waals surface area contributed by atoms with Crippen LogP contribution in [0.3, 0.4) is 0 Å². The molecule has 0 saturated carbocycles. The predicted octanol–water partition coefficient (Wildman–Crippen LogP) is 6.12. The van der Waals surface area contributed by atoms with Gasteiger partial charge in [-0.25, -0.2) is 4.79 Å². The zero-order chi connectivity index (χ0) is 24.1. The molecule has 0 unspecified atom stereocenters. The average Bonchev–Trinajstić information content (AvgIpc) is 2.80. The van der Waals surface area contributed by atoms with E-state index in [2.05, 4.69) is 4.99 Å². The third-order valence-electron chi connectivity index (χ3n) is 5.05. The van der Waals surface area contributed by atoms with Crippen LogP contribution in [0.2, 0.25) is 20.1 Å². The van der Waals surface area contributed by atoms with E-state index in [-0.39, 0.29) is 44.4 Å². The van der Waals surface area contributed by atoms with Crippen LogP contribution in [-0.2, 0) is 19.5 Å². The molecule has 3 aromatic rings. The van der Waals surface area contributed by atoms with Crippen molar-refractivity contribution in [2.45, 2.75) is 39.3 Å². The maximum absolute atomic E-state index is 13.2. The quantitative estimate of drug-likeness (QED) is 0.282. The monoisotopic (exact) mass is 527 g/mol. The standard InChI is InChI=1S/C23H21Cl4N3O3/c1-2-3-10-29-21(31)15(13-28-20-18(26)16(24)12-17(25)19(20)27)22(32)30(23(29)33)11-9-14-7-5-4-6-8-14/h4-8,12-13,31H,2-3,9-11H2,1H3. The summed E-state index contributed by atoms with van der Waals surface area (Å²) in [6, 6.07) is 10.9. The summed E-state index contributed by atoms with van der Waals surface area (Å²) in [6.07, 6.45) is 3.03. The number of aromatic nitrogens is 2. The summed E-state index contributed by atoms with van der Waals surface area (Å²) < 4.78 is 2.27. The highest BCUT2D eigenvalue weighted by atomic mass is 35.5. The maximum atomic E-state index is 13.2. The summed E-state index contributed by atoms with van der Waals surface area (Å²) in [4.78, 5) is 30.4. The van der Waals surface area contributed by atoms with E-state index in [1.165, 1.54) is 10.6 Å². The van der Waals surface area contributed by atoms with Crippen LogP contribution >= 0.6 is 46.4 Å². The summed E-state index contributed by atoms with van der Waals surface area (Å²) in [5.74, 6) is -0.474. The van der Waals surface area contributed by atoms with E-state index in [4.69, 9.17) is 46.4 Å². The number of rotatable bonds is 8. The van der Waals surface area contributed by atoms with Crippen LogP contribution < -0.4 is 11.2 Å². The number of aliphatic imine (C=N–C) groups is 1. The van der Waals surface area contributed by atoms with Gasteiger partial charge in [0.1, 0.15) is 11.3 Å². The van der Waals surface area contributed by atoms with Gasteiger partial charge in [0.15, 0.2) is 0 Å². The van der Waals surface area contributed by atoms with Crippen molar-refractivity contribution in [2.24, 2.45) is 4.99 Å². The molecule has 0 fully saturated rings. The molecule has 3 rings (SSSR count). The molecule has 33 heavy (non-hydrogen) atoms. The van der Waals surface area contributed by atoms with Crippen LogP contribution in [0.5, 0.6) is 5.88 Å². The molecular formula is C23H21Cl4N3O3. The molecule has 0 atom stereocenters. The highest BCUT2D eigenvalue weighted by molar-refractivity contribution is 6.49. The summed E-state index contributed by atoms with van der Waals surface area (Å²) in [5.41, 5.74) is -0.399. The minimum Gasteiger partial charge on any atom is -0.494 e. The summed E-state index contributed by atoms with van der Waals surface area (Å²) in [6.45, 7) is 2.35. The Balaban J connectivity index is 2.12. The fraction of sp³-hybridized carbons (Fsp3) is 0.261. The molecule has 0 aliphatic carbocycles. The fourth-order valence-corrected chi connectivity index (χ4v) is 4.12. The van der Waals surface area contributed by atoms with E-state index in [0.717, 1.165) is 22.8 Å². The van der Waals surface area contributed by atoms with E-state index in [1.54, 1.807) is 0 Å². The van der Waals surface area contributed by atoms with Crippen molar-refractivity contribution in [3.8, 4) is 5.88 Å². The topological polar surface area (TPSA) is 76.6 Å². The first-order chi connectivity index (χ1) is 15.8. The Morgan fingerprint density at radius 3 is 2.21 bits per heavy atom. The van der Waals surface area contributed by atoms with Gasteiger partial charge in [0, 0.05) is 19.3 Å². The van der Waals surface area contributed by atoms with Crippen LogP contribution in [0.25, 0.3) is 0 Å². The number of hydrogen-bond donors (Lipinski definition) is 1. The van der Waals surface area contributed by atoms with Gasteiger partial charge in [-0.2, -0.15) is 0 Å². The molecule has 0 amide bonds. The number of nitrogens with zero attached hydrogens (tertiary/aromatic N) is 3. The Morgan fingerprint density at radius 1 is 0.970 bits per heavy atom. The Labute approximate surface area is 210 Å². The average molecular weight is 529 g/mol. The number of aromatic hydroxyl groups is 1. The Hall–Kier alpha value is -2.25. The minimum atomic E-state index is -0.676. The van der Waals surface area contributed by atoms with Crippen LogP contribution in [0.1, 0.15) is 30.9 Å². The molecule has 0 aliphatic rings. The van der Waals surface area contributed by atoms with Crippen LogP contribution in [-0.4, -0.2) is 20.5 Å². The number of hydrogen-bond acceptors (Lipinski definition) is 4. The molecule has 174 valence electrons. The summed E-state index contributed by atoms with van der Waals surface area (Å²) >= 11 is 24.5. The Bertz CT molecular complexity index is 1280. The lowest BCUT2D eigenvalue weighted by Crippen LogP contribution is -2.42. The second kappa shape index (κ2) is 11.3. The fourth-order valence-electron chi connectivity index (χ4n) is 3.23. The lowest BCUT2D eigenvalue weighted by atomic mass is 10.1. The van der Waals surface area contributed by atoms with Gasteiger partial charge in [-0.1, -0.05) is 90.1 Å². The predicted molar refractivity (Wildman–Crippen MR) is 135 cm³/mol. The molecular weight excluding hydrogens is 508 g/mol. The van der Waals surface area contributed by atoms with Gasteiger partial charge in [0.2, 0.25) is 5.88 Å². The molecule has 0 aliphatic heterocycles. The molecule has 0 spiro atoms. The van der Waals surface area contributed by atoms with E-state index >= 15 is 0 Å². The third kappa shape index (κ3) is 5.64. The van der Waals surface area contributed by atoms with Crippen LogP contribution in [0.4, 0.5) is 5.69 Å². The van der Waals surface area contributed by atoms with Crippen molar-refractivity contribution in [3.63, 3.8) is 0 Å². The molecule has 1 aromatic heterocycles. The maximum Gasteiger partial charge on any atom is 0.333 e. The van der Waals surface area contributed by atoms with Crippen molar-refractivity contribution in [1.82, 2.24) is 9.13 Å². The van der Waals surface area contributed by atoms with Crippen molar-refractivity contribution >= 4 is 58.3 Å². The molecule has 6 nitrogen and oxygen atoms in total. The van der Waals surface area contributed by atoms with Gasteiger partial charge < -0.3 is 5.11 Å². The molecule has 2 aromatic carbocycles. The molecule has 0 saturated heterocycles. The molecule has 1 N–H and O–H groups in total. The Kier molecular flexibility index (Phi) is 8.65. The zero-order valence-corrected chi connectivity index (χ0v) is 20.7. The number of halogens is 4. The minimum absolute atomic E-state index is 0.0468. The van der Waals surface area contributed by atoms with Gasteiger partial charge in [0.25, 0.3) is 5.56 Å². The van der Waals surface area contributed by atoms with E-state index in [9.17, 15) is 14.7 Å². The highest BCUT2D eigenvalue weighted by Gasteiger charge is 2.19. The van der Waals surface area contributed by atoms with E-state index < -0.39 is 17.1 Å². The van der Waals surface area contributed by atoms with Gasteiger partial charge in [0.05, 0.1) is 20.1 Å². The van der Waals surface area contributed by atoms with Gasteiger partial charge in [-0.05, 0) is 24.5 Å². The summed E-state index contributed by atoms with van der Waals surface area (Å²) in [7, 11) is 0. The van der Waals surface area contributed by atoms with Crippen molar-refractivity contribution in [2.75, 3.05) is 0 Å². The van der Waals surface area contributed by atoms with E-state index in [0.29, 0.717) is 12.8 Å². The zero-order valence-electron chi connectivity index (χ0n) is 17.7. The van der Waals surface area contributed by atoms with Gasteiger partial charge >= 0.3 is 5.69 Å². The third-order valence-corrected chi connectivity index (χ3v) is 6.60. The second-order valence-electron chi connectivity index (χ2n) is 7.29. The highest BCUT2D eigenvalue weighted by Crippen LogP contribution is 2.42. The summed E-state index contributed by atoms with van der Waals surface area (Å²) in [5, 5.41) is 11.1. The Morgan fingerprint density at radius 2 is 1.61 bits per heavy atom. The van der Waals surface area contributed by atoms with Crippen molar-refractivity contribution in [3.05, 3.63) is 88.5 Å². The lowest BCUT2D eigenvalue weighted by Gasteiger charge is -2.14. The van der Waals surface area contributed by atoms with Gasteiger partial charge in [-0.3, -0.25) is 18.9 Å².